The third-order valence-electron chi connectivity index (χ3n) is 2.87. The summed E-state index contributed by atoms with van der Waals surface area (Å²) in [5.41, 5.74) is 0. The summed E-state index contributed by atoms with van der Waals surface area (Å²) in [6, 6.07) is 18.0. The molecule has 1 aliphatic rings. The molecule has 1 unspecified atom stereocenters. The summed E-state index contributed by atoms with van der Waals surface area (Å²) in [4.78, 5) is 22.3. The van der Waals surface area contributed by atoms with Gasteiger partial charge < -0.3 is 0 Å². The van der Waals surface area contributed by atoms with Crippen LogP contribution in [0, 0.1) is 7.14 Å². The summed E-state index contributed by atoms with van der Waals surface area (Å²) >= 11 is -0.218. The molecule has 1 aliphatic heterocycles. The molecule has 0 aliphatic carbocycles. The Labute approximate surface area is 132 Å². The van der Waals surface area contributed by atoms with E-state index in [4.69, 9.17) is 4.74 Å². The number of ether oxygens (including phenoxy) is 2. The molecule has 0 bridgehead atoms. The number of rotatable bonds is 4. The average Bonchev–Trinajstić information content (AvgIpc) is 2.80. The van der Waals surface area contributed by atoms with Crippen LogP contribution in [0.25, 0.3) is 0 Å². The minimum absolute atomic E-state index is 0.0163. The van der Waals surface area contributed by atoms with E-state index < -0.39 is 18.0 Å². The molecule has 1 saturated heterocycles. The van der Waals surface area contributed by atoms with Gasteiger partial charge in [0.2, 0.25) is 0 Å². The van der Waals surface area contributed by atoms with E-state index in [9.17, 15) is 9.59 Å². The number of benzene rings is 2. The fraction of sp³-hybridized carbons (Fsp3) is 0.125. The molecule has 3 rings (SSSR count). The Hall–Kier alpha value is -1.89. The number of hydrogen-bond donors (Lipinski definition) is 0. The number of carbonyl (C=O) groups excluding carboxylic acids is 2. The predicted molar refractivity (Wildman–Crippen MR) is 70.4 cm³/mol. The summed E-state index contributed by atoms with van der Waals surface area (Å²) < 4.78 is 12.5. The summed E-state index contributed by atoms with van der Waals surface area (Å²) in [5.74, 6) is -0.565. The second kappa shape index (κ2) is 6.26. The molecule has 1 fully saturated rings. The van der Waals surface area contributed by atoms with Crippen LogP contribution in [-0.2, 0) is 14.3 Å². The van der Waals surface area contributed by atoms with Crippen molar-refractivity contribution < 1.29 is 40.3 Å². The Morgan fingerprint density at radius 3 is 2.24 bits per heavy atom. The summed E-state index contributed by atoms with van der Waals surface area (Å²) in [5, 5.41) is 0. The quantitative estimate of drug-likeness (QED) is 0.380. The van der Waals surface area contributed by atoms with E-state index in [1.807, 2.05) is 42.5 Å². The van der Waals surface area contributed by atoms with Crippen molar-refractivity contribution in [3.8, 4) is 5.75 Å². The number of esters is 2. The monoisotopic (exact) mass is 395 g/mol. The van der Waals surface area contributed by atoms with Gasteiger partial charge >= 0.3 is 132 Å². The van der Waals surface area contributed by atoms with E-state index in [1.54, 1.807) is 0 Å². The van der Waals surface area contributed by atoms with Crippen molar-refractivity contribution in [3.05, 3.63) is 61.7 Å². The van der Waals surface area contributed by atoms with Crippen LogP contribution >= 0.6 is 0 Å². The molecule has 0 saturated carbocycles. The van der Waals surface area contributed by atoms with Crippen LogP contribution in [0.15, 0.2) is 54.6 Å². The zero-order valence-electron chi connectivity index (χ0n) is 11.0. The van der Waals surface area contributed by atoms with Gasteiger partial charge in [-0.15, -0.1) is 0 Å². The maximum atomic E-state index is 11.3. The first kappa shape index (κ1) is 14.1. The van der Waals surface area contributed by atoms with Crippen LogP contribution in [0.2, 0.25) is 0 Å². The third kappa shape index (κ3) is 3.60. The first-order valence-corrected chi connectivity index (χ1v) is 8.57. The molecule has 2 aromatic carbocycles. The van der Waals surface area contributed by atoms with Gasteiger partial charge in [-0.2, -0.15) is 0 Å². The van der Waals surface area contributed by atoms with Crippen molar-refractivity contribution in [2.75, 3.05) is 0 Å². The first-order valence-electron chi connectivity index (χ1n) is 6.42. The Balaban J connectivity index is 1.64. The first-order chi connectivity index (χ1) is 10.2. The molecule has 1 heterocycles. The molecular weight excluding hydrogens is 383 g/mol. The normalized spacial score (nSPS) is 17.8. The van der Waals surface area contributed by atoms with E-state index >= 15 is 0 Å². The van der Waals surface area contributed by atoms with Gasteiger partial charge in [0.1, 0.15) is 0 Å². The number of hydrogen-bond acceptors (Lipinski definition) is 4. The molecular formula is C16H12IO4-. The fourth-order valence-electron chi connectivity index (χ4n) is 1.89. The Morgan fingerprint density at radius 2 is 1.62 bits per heavy atom. The second-order valence-corrected chi connectivity index (χ2v) is 7.48. The molecule has 108 valence electrons. The van der Waals surface area contributed by atoms with E-state index in [0.717, 1.165) is 0 Å². The van der Waals surface area contributed by atoms with Gasteiger partial charge in [0.05, 0.1) is 0 Å². The van der Waals surface area contributed by atoms with Crippen LogP contribution in [-0.4, -0.2) is 18.0 Å². The zero-order valence-corrected chi connectivity index (χ0v) is 13.1. The summed E-state index contributed by atoms with van der Waals surface area (Å²) in [6.07, 6.45) is -0.829. The number of carbonyl (C=O) groups is 2. The third-order valence-corrected chi connectivity index (χ3v) is 5.56. The van der Waals surface area contributed by atoms with Gasteiger partial charge in [0, 0.05) is 0 Å². The van der Waals surface area contributed by atoms with Gasteiger partial charge in [-0.05, 0) is 0 Å². The molecule has 1 atom stereocenters. The second-order valence-electron chi connectivity index (χ2n) is 4.45. The Kier molecular flexibility index (Phi) is 4.19. The standard InChI is InChI=1S/C16H12IO4/c18-15-10-14(16(19)21-15)20-13-8-6-12(7-9-13)17-11-4-2-1-3-5-11/h1-9,14H,10H2/q-1. The molecule has 0 spiro atoms. The molecule has 4 nitrogen and oxygen atoms in total. The van der Waals surface area contributed by atoms with E-state index in [-0.39, 0.29) is 27.6 Å². The molecule has 0 aromatic heterocycles. The molecule has 0 N–H and O–H groups in total. The van der Waals surface area contributed by atoms with Crippen molar-refractivity contribution in [1.82, 2.24) is 0 Å². The van der Waals surface area contributed by atoms with Crippen molar-refractivity contribution >= 4 is 11.9 Å². The minimum atomic E-state index is -0.813. The van der Waals surface area contributed by atoms with Gasteiger partial charge in [-0.3, -0.25) is 0 Å². The SMILES string of the molecule is O=C1CC(Oc2ccc([I-]c3ccccc3)cc2)C(=O)O1. The van der Waals surface area contributed by atoms with E-state index in [2.05, 4.69) is 16.9 Å². The van der Waals surface area contributed by atoms with Gasteiger partial charge in [0.25, 0.3) is 0 Å². The van der Waals surface area contributed by atoms with Crippen molar-refractivity contribution in [2.24, 2.45) is 0 Å². The fourth-order valence-corrected chi connectivity index (χ4v) is 4.10. The Bertz CT molecular complexity index is 652. The Morgan fingerprint density at radius 1 is 0.952 bits per heavy atom. The van der Waals surface area contributed by atoms with Crippen LogP contribution in [0.5, 0.6) is 5.75 Å². The van der Waals surface area contributed by atoms with Gasteiger partial charge in [-0.25, -0.2) is 0 Å². The number of halogens is 1. The van der Waals surface area contributed by atoms with Crippen LogP contribution < -0.4 is 25.9 Å². The molecule has 0 amide bonds. The van der Waals surface area contributed by atoms with Crippen molar-refractivity contribution in [1.29, 1.82) is 0 Å². The van der Waals surface area contributed by atoms with Crippen LogP contribution in [0.1, 0.15) is 6.42 Å². The number of cyclic esters (lactones) is 2. The van der Waals surface area contributed by atoms with Crippen LogP contribution in [0.3, 0.4) is 0 Å². The van der Waals surface area contributed by atoms with Gasteiger partial charge in [0.15, 0.2) is 0 Å². The van der Waals surface area contributed by atoms with Gasteiger partial charge in [-0.1, -0.05) is 0 Å². The predicted octanol–water partition coefficient (Wildman–Crippen LogP) is -0.964. The van der Waals surface area contributed by atoms with Crippen molar-refractivity contribution in [3.63, 3.8) is 0 Å². The molecule has 0 radical (unpaired) electrons. The maximum absolute atomic E-state index is 11.3. The molecule has 21 heavy (non-hydrogen) atoms. The van der Waals surface area contributed by atoms with Crippen molar-refractivity contribution in [2.45, 2.75) is 12.5 Å². The zero-order chi connectivity index (χ0) is 14.7. The van der Waals surface area contributed by atoms with E-state index in [1.165, 1.54) is 7.14 Å². The molecule has 2 aromatic rings. The summed E-state index contributed by atoms with van der Waals surface area (Å²) in [6.45, 7) is 0. The van der Waals surface area contributed by atoms with E-state index in [0.29, 0.717) is 5.75 Å². The van der Waals surface area contributed by atoms with Crippen LogP contribution in [0.4, 0.5) is 0 Å². The molecule has 5 heteroatoms. The average molecular weight is 395 g/mol. The summed E-state index contributed by atoms with van der Waals surface area (Å²) in [7, 11) is 0. The topological polar surface area (TPSA) is 52.6 Å².